The molecule has 0 spiro atoms. The highest BCUT2D eigenvalue weighted by molar-refractivity contribution is 9.10. The highest BCUT2D eigenvalue weighted by atomic mass is 79.9. The molecule has 0 amide bonds. The Hall–Kier alpha value is -0.520. The van der Waals surface area contributed by atoms with E-state index in [0.29, 0.717) is 12.4 Å². The summed E-state index contributed by atoms with van der Waals surface area (Å²) in [6, 6.07) is 1.93. The molecule has 3 nitrogen and oxygen atoms in total. The second-order valence-corrected chi connectivity index (χ2v) is 5.40. The van der Waals surface area contributed by atoms with Crippen molar-refractivity contribution in [2.45, 2.75) is 13.5 Å². The van der Waals surface area contributed by atoms with Gasteiger partial charge in [0.15, 0.2) is 0 Å². The number of hydrogen-bond acceptors (Lipinski definition) is 3. The van der Waals surface area contributed by atoms with E-state index in [9.17, 15) is 0 Å². The lowest BCUT2D eigenvalue weighted by Gasteiger charge is -2.00. The van der Waals surface area contributed by atoms with Crippen LogP contribution in [0.15, 0.2) is 15.9 Å². The summed E-state index contributed by atoms with van der Waals surface area (Å²) in [7, 11) is 0. The van der Waals surface area contributed by atoms with E-state index in [-0.39, 0.29) is 0 Å². The molecule has 2 aromatic heterocycles. The summed E-state index contributed by atoms with van der Waals surface area (Å²) in [6.07, 6.45) is 0. The molecule has 0 aliphatic rings. The SMILES string of the molecule is Cc1nn(Cc2cc(Cl)cs2)c(N)c1Br. The topological polar surface area (TPSA) is 43.8 Å². The molecule has 2 aromatic rings. The molecule has 2 rings (SSSR count). The van der Waals surface area contributed by atoms with Crippen molar-refractivity contribution >= 4 is 44.7 Å². The normalized spacial score (nSPS) is 10.9. The molecule has 0 aliphatic carbocycles. The minimum atomic E-state index is 0.650. The largest absolute Gasteiger partial charge is 0.383 e. The van der Waals surface area contributed by atoms with Crippen molar-refractivity contribution in [1.29, 1.82) is 0 Å². The summed E-state index contributed by atoms with van der Waals surface area (Å²) in [4.78, 5) is 1.14. The van der Waals surface area contributed by atoms with Crippen molar-refractivity contribution in [3.63, 3.8) is 0 Å². The molecule has 6 heteroatoms. The molecule has 0 saturated carbocycles. The van der Waals surface area contributed by atoms with Gasteiger partial charge in [-0.3, -0.25) is 0 Å². The van der Waals surface area contributed by atoms with E-state index >= 15 is 0 Å². The Balaban J connectivity index is 2.28. The number of anilines is 1. The highest BCUT2D eigenvalue weighted by Gasteiger charge is 2.10. The van der Waals surface area contributed by atoms with Crippen LogP contribution in [-0.2, 0) is 6.54 Å². The zero-order valence-corrected chi connectivity index (χ0v) is 11.2. The van der Waals surface area contributed by atoms with E-state index in [1.54, 1.807) is 16.0 Å². The zero-order chi connectivity index (χ0) is 11.0. The number of hydrogen-bond donors (Lipinski definition) is 1. The van der Waals surface area contributed by atoms with Crippen molar-refractivity contribution in [2.24, 2.45) is 0 Å². The monoisotopic (exact) mass is 305 g/mol. The first kappa shape index (κ1) is 11.0. The molecular formula is C9H9BrClN3S. The van der Waals surface area contributed by atoms with Crippen molar-refractivity contribution in [2.75, 3.05) is 5.73 Å². The predicted octanol–water partition coefficient (Wildman–Crippen LogP) is 3.30. The first-order chi connectivity index (χ1) is 7.08. The highest BCUT2D eigenvalue weighted by Crippen LogP contribution is 2.25. The minimum Gasteiger partial charge on any atom is -0.383 e. The minimum absolute atomic E-state index is 0.650. The van der Waals surface area contributed by atoms with Gasteiger partial charge in [0, 0.05) is 10.3 Å². The number of rotatable bonds is 2. The van der Waals surface area contributed by atoms with Crippen molar-refractivity contribution < 1.29 is 0 Å². The van der Waals surface area contributed by atoms with Crippen LogP contribution in [0, 0.1) is 6.92 Å². The van der Waals surface area contributed by atoms with Gasteiger partial charge < -0.3 is 5.73 Å². The Kier molecular flexibility index (Phi) is 3.04. The Morgan fingerprint density at radius 1 is 1.67 bits per heavy atom. The fourth-order valence-corrected chi connectivity index (χ4v) is 2.62. The Labute approximate surface area is 105 Å². The standard InChI is InChI=1S/C9H9BrClN3S/c1-5-8(10)9(12)14(13-5)3-7-2-6(11)4-15-7/h2,4H,3,12H2,1H3. The van der Waals surface area contributed by atoms with Gasteiger partial charge in [-0.15, -0.1) is 11.3 Å². The summed E-state index contributed by atoms with van der Waals surface area (Å²) in [5, 5.41) is 6.98. The van der Waals surface area contributed by atoms with E-state index in [4.69, 9.17) is 17.3 Å². The molecule has 0 aliphatic heterocycles. The molecule has 0 fully saturated rings. The first-order valence-electron chi connectivity index (χ1n) is 4.29. The van der Waals surface area contributed by atoms with Crippen LogP contribution in [0.4, 0.5) is 5.82 Å². The van der Waals surface area contributed by atoms with Crippen LogP contribution in [0.1, 0.15) is 10.6 Å². The van der Waals surface area contributed by atoms with Gasteiger partial charge in [0.05, 0.1) is 21.7 Å². The molecule has 0 unspecified atom stereocenters. The molecule has 0 bridgehead atoms. The lowest BCUT2D eigenvalue weighted by molar-refractivity contribution is 0.697. The van der Waals surface area contributed by atoms with Crippen molar-refractivity contribution in [3.8, 4) is 0 Å². The average molecular weight is 307 g/mol. The second-order valence-electron chi connectivity index (χ2n) is 3.17. The van der Waals surface area contributed by atoms with E-state index < -0.39 is 0 Å². The third kappa shape index (κ3) is 2.19. The Morgan fingerprint density at radius 3 is 2.87 bits per heavy atom. The predicted molar refractivity (Wildman–Crippen MR) is 67.5 cm³/mol. The van der Waals surface area contributed by atoms with Gasteiger partial charge in [-0.2, -0.15) is 5.10 Å². The lowest BCUT2D eigenvalue weighted by atomic mass is 10.4. The maximum atomic E-state index is 5.88. The smallest absolute Gasteiger partial charge is 0.136 e. The summed E-state index contributed by atoms with van der Waals surface area (Å²) in [5.41, 5.74) is 6.78. The maximum Gasteiger partial charge on any atom is 0.136 e. The van der Waals surface area contributed by atoms with Gasteiger partial charge in [0.25, 0.3) is 0 Å². The number of aryl methyl sites for hydroxylation is 1. The Morgan fingerprint density at radius 2 is 2.40 bits per heavy atom. The third-order valence-corrected chi connectivity index (χ3v) is 4.27. The number of nitrogen functional groups attached to an aromatic ring is 1. The average Bonchev–Trinajstić information content (AvgIpc) is 2.68. The van der Waals surface area contributed by atoms with Crippen LogP contribution in [0.3, 0.4) is 0 Å². The quantitative estimate of drug-likeness (QED) is 0.925. The van der Waals surface area contributed by atoms with Gasteiger partial charge in [-0.05, 0) is 28.9 Å². The van der Waals surface area contributed by atoms with Gasteiger partial charge in [-0.25, -0.2) is 4.68 Å². The maximum absolute atomic E-state index is 5.88. The van der Waals surface area contributed by atoms with Crippen molar-refractivity contribution in [1.82, 2.24) is 9.78 Å². The molecule has 0 atom stereocenters. The van der Waals surface area contributed by atoms with Crippen LogP contribution in [0.5, 0.6) is 0 Å². The molecular weight excluding hydrogens is 298 g/mol. The van der Waals surface area contributed by atoms with Crippen LogP contribution in [0.25, 0.3) is 0 Å². The fourth-order valence-electron chi connectivity index (χ4n) is 1.28. The summed E-state index contributed by atoms with van der Waals surface area (Å²) < 4.78 is 2.63. The number of nitrogens with two attached hydrogens (primary N) is 1. The molecule has 80 valence electrons. The van der Waals surface area contributed by atoms with E-state index in [2.05, 4.69) is 21.0 Å². The van der Waals surface area contributed by atoms with Gasteiger partial charge >= 0.3 is 0 Å². The number of thiophene rings is 1. The molecule has 0 aromatic carbocycles. The molecule has 0 radical (unpaired) electrons. The summed E-state index contributed by atoms with van der Waals surface area (Å²) in [5.74, 6) is 0.650. The van der Waals surface area contributed by atoms with Crippen molar-refractivity contribution in [3.05, 3.63) is 31.5 Å². The number of aromatic nitrogens is 2. The first-order valence-corrected chi connectivity index (χ1v) is 6.34. The van der Waals surface area contributed by atoms with Gasteiger partial charge in [0.1, 0.15) is 5.82 Å². The molecule has 0 saturated heterocycles. The Bertz CT molecular complexity index is 492. The van der Waals surface area contributed by atoms with Crippen LogP contribution in [0.2, 0.25) is 5.02 Å². The van der Waals surface area contributed by atoms with Gasteiger partial charge in [0.2, 0.25) is 0 Å². The summed E-state index contributed by atoms with van der Waals surface area (Å²) in [6.45, 7) is 2.58. The van der Waals surface area contributed by atoms with Gasteiger partial charge in [-0.1, -0.05) is 11.6 Å². The fraction of sp³-hybridized carbons (Fsp3) is 0.222. The third-order valence-electron chi connectivity index (χ3n) is 2.02. The second kappa shape index (κ2) is 4.15. The number of nitrogens with zero attached hydrogens (tertiary/aromatic N) is 2. The molecule has 2 heterocycles. The van der Waals surface area contributed by atoms with E-state index in [0.717, 1.165) is 20.1 Å². The lowest BCUT2D eigenvalue weighted by Crippen LogP contribution is -2.04. The van der Waals surface area contributed by atoms with Crippen LogP contribution >= 0.6 is 38.9 Å². The zero-order valence-electron chi connectivity index (χ0n) is 8.00. The number of halogens is 2. The molecule has 2 N–H and O–H groups in total. The van der Waals surface area contributed by atoms with Crippen LogP contribution in [-0.4, -0.2) is 9.78 Å². The van der Waals surface area contributed by atoms with E-state index in [1.807, 2.05) is 18.4 Å². The van der Waals surface area contributed by atoms with E-state index in [1.165, 1.54) is 0 Å². The van der Waals surface area contributed by atoms with Crippen LogP contribution < -0.4 is 5.73 Å². The molecule has 15 heavy (non-hydrogen) atoms. The summed E-state index contributed by atoms with van der Waals surface area (Å²) >= 11 is 10.8.